The number of carbonyl (C=O) groups excluding carboxylic acids is 3. The number of ether oxygens (including phenoxy) is 4. The third-order valence-electron chi connectivity index (χ3n) is 14.9. The summed E-state index contributed by atoms with van der Waals surface area (Å²) in [4.78, 5) is 43.7. The minimum absolute atomic E-state index is 0.114. The van der Waals surface area contributed by atoms with Gasteiger partial charge in [0, 0.05) is 70.2 Å². The highest BCUT2D eigenvalue weighted by molar-refractivity contribution is 5.80. The smallest absolute Gasteiger partial charge is 0.308 e. The second kappa shape index (κ2) is 33.3. The number of esters is 1. The summed E-state index contributed by atoms with van der Waals surface area (Å²) >= 11 is 0. The quantitative estimate of drug-likeness (QED) is 0.141. The van der Waals surface area contributed by atoms with Gasteiger partial charge in [-0.25, -0.2) is 0 Å². The first-order chi connectivity index (χ1) is 37.7. The molecule has 22 heteroatoms. The number of nitrogens with one attached hydrogen (secondary N) is 2. The molecule has 0 spiro atoms. The van der Waals surface area contributed by atoms with Crippen LogP contribution < -0.4 is 10.6 Å². The van der Waals surface area contributed by atoms with Crippen molar-refractivity contribution in [3.05, 3.63) is 85.1 Å². The first-order valence-corrected chi connectivity index (χ1v) is 28.1. The van der Waals surface area contributed by atoms with Crippen LogP contribution in [0.2, 0.25) is 0 Å². The van der Waals surface area contributed by atoms with Gasteiger partial charge in [-0.2, -0.15) is 0 Å². The molecule has 2 amide bonds. The van der Waals surface area contributed by atoms with Gasteiger partial charge in [0.1, 0.15) is 18.3 Å². The molecule has 0 aromatic rings. The second-order valence-corrected chi connectivity index (χ2v) is 22.7. The molecule has 0 aromatic heterocycles. The van der Waals surface area contributed by atoms with Crippen LogP contribution in [0.1, 0.15) is 92.9 Å². The zero-order chi connectivity index (χ0) is 59.3. The lowest BCUT2D eigenvalue weighted by atomic mass is 9.81. The van der Waals surface area contributed by atoms with E-state index in [1.165, 1.54) is 6.92 Å². The third-order valence-corrected chi connectivity index (χ3v) is 14.9. The first kappa shape index (κ1) is 68.4. The number of aliphatic hydroxyl groups excluding tert-OH is 9. The molecule has 13 N–H and O–H groups in total. The van der Waals surface area contributed by atoms with Crippen molar-refractivity contribution in [2.75, 3.05) is 46.3 Å². The predicted octanol–water partition coefficient (Wildman–Crippen LogP) is -0.0809. The Labute approximate surface area is 471 Å². The third kappa shape index (κ3) is 22.9. The van der Waals surface area contributed by atoms with Crippen LogP contribution in [0.3, 0.4) is 0 Å². The number of carbonyl (C=O) groups is 3. The number of rotatable bonds is 8. The van der Waals surface area contributed by atoms with E-state index < -0.39 is 158 Å². The van der Waals surface area contributed by atoms with Crippen LogP contribution in [-0.4, -0.2) is 233 Å². The Morgan fingerprint density at radius 2 is 1.29 bits per heavy atom. The van der Waals surface area contributed by atoms with Gasteiger partial charge in [0.2, 0.25) is 11.8 Å². The molecular formula is C58H94N4O18. The van der Waals surface area contributed by atoms with Gasteiger partial charge in [-0.15, -0.1) is 0 Å². The Morgan fingerprint density at radius 1 is 0.700 bits per heavy atom. The predicted molar refractivity (Wildman–Crippen MR) is 297 cm³/mol. The van der Waals surface area contributed by atoms with Crippen molar-refractivity contribution in [2.24, 2.45) is 17.8 Å². The Morgan fingerprint density at radius 3 is 1.88 bits per heavy atom. The fraction of sp³-hybridized carbons (Fsp3) is 0.707. The largest absolute Gasteiger partial charge is 0.462 e. The summed E-state index contributed by atoms with van der Waals surface area (Å²) in [5, 5.41) is 128. The summed E-state index contributed by atoms with van der Waals surface area (Å²) in [6.07, 6.45) is 3.52. The highest BCUT2D eigenvalue weighted by Gasteiger charge is 2.52. The van der Waals surface area contributed by atoms with Gasteiger partial charge >= 0.3 is 5.97 Å². The number of likely N-dealkylation sites (N-methyl/N-ethyl adjacent to an activating group) is 1. The number of piperazine rings is 1. The summed E-state index contributed by atoms with van der Waals surface area (Å²) in [5.74, 6) is -6.15. The van der Waals surface area contributed by atoms with E-state index in [1.807, 2.05) is 42.2 Å². The minimum atomic E-state index is -2.33. The lowest BCUT2D eigenvalue weighted by Gasteiger charge is -2.47. The number of hydrogen-bond donors (Lipinski definition) is 13. The molecule has 19 atom stereocenters. The van der Waals surface area contributed by atoms with Gasteiger partial charge < -0.3 is 90.7 Å². The van der Waals surface area contributed by atoms with Crippen LogP contribution in [0.4, 0.5) is 0 Å². The van der Waals surface area contributed by atoms with Crippen molar-refractivity contribution >= 4 is 17.8 Å². The molecule has 2 bridgehead atoms. The topological polar surface area (TPSA) is 341 Å². The molecule has 3 saturated heterocycles. The number of β-amino-alcohol motifs (C(OH)–C–C–N with tert-alkyl or cyclic N) is 1. The van der Waals surface area contributed by atoms with E-state index in [2.05, 4.69) is 10.6 Å². The fourth-order valence-electron chi connectivity index (χ4n) is 10.4. The van der Waals surface area contributed by atoms with E-state index in [9.17, 15) is 70.6 Å². The molecular weight excluding hydrogens is 1040 g/mol. The van der Waals surface area contributed by atoms with Crippen LogP contribution in [0.15, 0.2) is 85.1 Å². The Kier molecular flexibility index (Phi) is 28.5. The van der Waals surface area contributed by atoms with Crippen LogP contribution >= 0.6 is 0 Å². The molecule has 22 nitrogen and oxygen atoms in total. The number of allylic oxidation sites excluding steroid dienone is 12. The van der Waals surface area contributed by atoms with E-state index in [0.717, 1.165) is 0 Å². The van der Waals surface area contributed by atoms with E-state index in [0.29, 0.717) is 19.6 Å². The zero-order valence-corrected chi connectivity index (χ0v) is 47.5. The molecule has 80 heavy (non-hydrogen) atoms. The maximum Gasteiger partial charge on any atom is 0.308 e. The lowest BCUT2D eigenvalue weighted by Crippen LogP contribution is -2.64. The number of nitrogens with zero attached hydrogens (tertiary/aromatic N) is 2. The Bertz CT molecular complexity index is 2110. The van der Waals surface area contributed by atoms with Gasteiger partial charge in [0.05, 0.1) is 91.6 Å². The van der Waals surface area contributed by atoms with Crippen molar-refractivity contribution in [3.63, 3.8) is 0 Å². The number of cyclic esters (lactones) is 1. The van der Waals surface area contributed by atoms with Crippen LogP contribution in [0, 0.1) is 17.8 Å². The number of aliphatic hydroxyl groups is 11. The molecule has 4 rings (SSSR count). The monoisotopic (exact) mass is 1130 g/mol. The number of amides is 2. The molecule has 3 fully saturated rings. The minimum Gasteiger partial charge on any atom is -0.462 e. The van der Waals surface area contributed by atoms with Crippen molar-refractivity contribution in [3.8, 4) is 0 Å². The normalized spacial score (nSPS) is 40.8. The molecule has 0 unspecified atom stereocenters. The first-order valence-electron chi connectivity index (χ1n) is 28.1. The molecule has 0 aromatic carbocycles. The summed E-state index contributed by atoms with van der Waals surface area (Å²) in [7, 11) is 1.56. The van der Waals surface area contributed by atoms with Crippen molar-refractivity contribution in [2.45, 2.75) is 196 Å². The van der Waals surface area contributed by atoms with Gasteiger partial charge in [-0.1, -0.05) is 98.9 Å². The molecule has 4 heterocycles. The molecule has 4 aliphatic rings. The van der Waals surface area contributed by atoms with Gasteiger partial charge in [-0.3, -0.25) is 19.3 Å². The standard InChI is InChI=1S/C58H94N4O18/c1-36-20-18-16-14-12-10-8-9-11-13-15-17-19-21-43(79-56-54(73)51(53(72)39(4)78-56)60-48(69)34-59-7)31-47-50(55(74)62-26-24-61(25-27-62)35-57(5,6)75)46(68)33-58(76,80-47)32-42(65)29-45(67)44(66)23-22-40(63)28-41(64)30-49(70)77-38(3)37(2)52(36)71/h8-21,36-47,50-54,56,59,63-68,71-73,75-76H,22-35H2,1-7H3,(H,60,69)/b9-8-,12-10-,13-11-,16-14-,17-15-,20-18-,21-19+/t36-,37-,38-,39+,40+,41+,42-,43-,44+,45+,46-,47-,50+,51-,52+,53+,54-,56-,58+/m0/s1. The zero-order valence-electron chi connectivity index (χ0n) is 47.5. The van der Waals surface area contributed by atoms with E-state index in [1.54, 1.807) is 94.3 Å². The number of hydrogen-bond acceptors (Lipinski definition) is 20. The van der Waals surface area contributed by atoms with Crippen molar-refractivity contribution in [1.82, 2.24) is 20.4 Å². The van der Waals surface area contributed by atoms with Crippen LogP contribution in [0.25, 0.3) is 0 Å². The van der Waals surface area contributed by atoms with Gasteiger partial charge in [0.15, 0.2) is 12.1 Å². The Hall–Kier alpha value is -4.05. The summed E-state index contributed by atoms with van der Waals surface area (Å²) in [5.41, 5.74) is -0.989. The molecule has 454 valence electrons. The van der Waals surface area contributed by atoms with Gasteiger partial charge in [-0.05, 0) is 54.0 Å². The van der Waals surface area contributed by atoms with Crippen molar-refractivity contribution in [1.29, 1.82) is 0 Å². The summed E-state index contributed by atoms with van der Waals surface area (Å²) in [6.45, 7) is 11.7. The van der Waals surface area contributed by atoms with Crippen molar-refractivity contribution < 1.29 is 89.5 Å². The van der Waals surface area contributed by atoms with Gasteiger partial charge in [0.25, 0.3) is 0 Å². The molecule has 0 saturated carbocycles. The highest BCUT2D eigenvalue weighted by atomic mass is 16.7. The molecule has 4 aliphatic heterocycles. The van der Waals surface area contributed by atoms with E-state index in [4.69, 9.17) is 18.9 Å². The molecule has 0 radical (unpaired) electrons. The van der Waals surface area contributed by atoms with Crippen LogP contribution in [-0.2, 0) is 33.3 Å². The summed E-state index contributed by atoms with van der Waals surface area (Å²) < 4.78 is 24.3. The summed E-state index contributed by atoms with van der Waals surface area (Å²) in [6, 6.07) is -1.23. The maximum absolute atomic E-state index is 14.6. The lowest BCUT2D eigenvalue weighted by molar-refractivity contribution is -0.308. The van der Waals surface area contributed by atoms with E-state index in [-0.39, 0.29) is 51.2 Å². The SMILES string of the molecule is CNCC(=O)N[C@@H]1[C@H](O)[C@H](O[C@H]2/C=C/C=C\C=C/C=C\C=C/C=C\C=C/[C@H](C)[C@@H](O)[C@@H](C)[C@H](C)OC(=O)C[C@H](O)C[C@H](O)CC[C@@H](O)[C@H](O)C[C@H](O)C[C@]3(O)C[C@H](O)[C@@H](C(=O)N4CCN(CC(C)(C)O)CC4)[C@H](C2)O3)O[C@H](C)[C@H]1O. The second-order valence-electron chi connectivity index (χ2n) is 22.7. The molecule has 0 aliphatic carbocycles. The Balaban J connectivity index is 1.67. The highest BCUT2D eigenvalue weighted by Crippen LogP contribution is 2.39. The number of fused-ring (bicyclic) bond motifs is 2. The average Bonchev–Trinajstić information content (AvgIpc) is 3.36. The maximum atomic E-state index is 14.6. The van der Waals surface area contributed by atoms with E-state index >= 15 is 0 Å². The average molecular weight is 1140 g/mol. The fourth-order valence-corrected chi connectivity index (χ4v) is 10.4. The van der Waals surface area contributed by atoms with Crippen LogP contribution in [0.5, 0.6) is 0 Å².